The second-order valence-electron chi connectivity index (χ2n) is 12.9. The Balaban J connectivity index is 1.11. The molecular weight excluding hydrogens is 632 g/mol. The highest BCUT2D eigenvalue weighted by molar-refractivity contribution is 7.96. The molecule has 18 heteroatoms. The summed E-state index contributed by atoms with van der Waals surface area (Å²) < 4.78 is 118. The average molecular weight is 680 g/mol. The van der Waals surface area contributed by atoms with Gasteiger partial charge in [0, 0.05) is 44.3 Å². The van der Waals surface area contributed by atoms with E-state index in [9.17, 15) is 35.1 Å². The van der Waals surface area contributed by atoms with Crippen LogP contribution >= 0.6 is 0 Å². The Morgan fingerprint density at radius 1 is 0.822 bits per heavy atom. The van der Waals surface area contributed by atoms with Crippen LogP contribution in [-0.4, -0.2) is 114 Å². The number of ether oxygens (including phenoxy) is 2. The molecule has 6 unspecified atom stereocenters. The number of rotatable bonds is 9. The number of alkyl halides is 6. The van der Waals surface area contributed by atoms with Crippen molar-refractivity contribution in [2.24, 2.45) is 5.92 Å². The third-order valence-corrected chi connectivity index (χ3v) is 12.2. The predicted octanol–water partition coefficient (Wildman–Crippen LogP) is 2.15. The van der Waals surface area contributed by atoms with Crippen molar-refractivity contribution in [3.8, 4) is 0 Å². The molecule has 0 amide bonds. The van der Waals surface area contributed by atoms with Crippen molar-refractivity contribution in [3.05, 3.63) is 0 Å². The fraction of sp³-hybridized carbons (Fsp3) is 1.00. The number of nitrogens with one attached hydrogen (secondary N) is 5. The van der Waals surface area contributed by atoms with Gasteiger partial charge >= 0.3 is 12.4 Å². The van der Waals surface area contributed by atoms with Crippen LogP contribution in [0.25, 0.3) is 0 Å². The van der Waals surface area contributed by atoms with Crippen LogP contribution in [0.3, 0.4) is 0 Å². The summed E-state index contributed by atoms with van der Waals surface area (Å²) in [6.07, 6.45) is -6.90. The molecule has 0 bridgehead atoms. The Bertz CT molecular complexity index is 978. The van der Waals surface area contributed by atoms with Crippen LogP contribution in [0.15, 0.2) is 0 Å². The summed E-state index contributed by atoms with van der Waals surface area (Å²) >= 11 is 0. The van der Waals surface area contributed by atoms with E-state index in [1.54, 1.807) is 4.31 Å². The minimum Gasteiger partial charge on any atom is -0.597 e. The van der Waals surface area contributed by atoms with Crippen LogP contribution in [0.5, 0.6) is 0 Å². The highest BCUT2D eigenvalue weighted by atomic mass is 32.3. The number of sulfonamides is 1. The quantitative estimate of drug-likeness (QED) is 0.183. The molecule has 5 fully saturated rings. The Morgan fingerprint density at radius 3 is 2.04 bits per heavy atom. The molecule has 5 N–H and O–H groups in total. The molecule has 262 valence electrons. The van der Waals surface area contributed by atoms with Gasteiger partial charge in [-0.3, -0.25) is 31.5 Å². The van der Waals surface area contributed by atoms with Gasteiger partial charge in [0.2, 0.25) is 0 Å². The van der Waals surface area contributed by atoms with E-state index in [1.807, 2.05) is 0 Å². The van der Waals surface area contributed by atoms with Crippen LogP contribution in [0.1, 0.15) is 64.2 Å². The SMILES string of the molecule is O=[S+]([O-])(C1CCC(N2CCOCC2)CC1)N1CCC(NC2NC(NC3CCCC(C(F)(F)F)C3)NC(OCC(F)(F)F)N2)CC1. The first-order valence-corrected chi connectivity index (χ1v) is 17.6. The fourth-order valence-corrected chi connectivity index (χ4v) is 9.34. The van der Waals surface area contributed by atoms with E-state index >= 15 is 0 Å². The second-order valence-corrected chi connectivity index (χ2v) is 15.1. The minimum atomic E-state index is -4.57. The molecule has 0 aromatic carbocycles. The molecule has 5 aliphatic rings. The second kappa shape index (κ2) is 15.3. The summed E-state index contributed by atoms with van der Waals surface area (Å²) in [4.78, 5) is 2.40. The number of piperidine rings is 1. The number of hydrogen-bond donors (Lipinski definition) is 5. The van der Waals surface area contributed by atoms with E-state index in [-0.39, 0.29) is 18.9 Å². The summed E-state index contributed by atoms with van der Waals surface area (Å²) in [5, 5.41) is 14.8. The van der Waals surface area contributed by atoms with E-state index < -0.39 is 65.5 Å². The van der Waals surface area contributed by atoms with Crippen molar-refractivity contribution in [2.75, 3.05) is 46.0 Å². The molecule has 45 heavy (non-hydrogen) atoms. The zero-order chi connectivity index (χ0) is 32.2. The van der Waals surface area contributed by atoms with E-state index in [1.165, 1.54) is 0 Å². The number of morpholine rings is 1. The molecule has 3 heterocycles. The van der Waals surface area contributed by atoms with Crippen molar-refractivity contribution >= 4 is 10.4 Å². The first kappa shape index (κ1) is 35.6. The molecule has 3 saturated heterocycles. The topological polar surface area (TPSA) is 125 Å². The van der Waals surface area contributed by atoms with Crippen molar-refractivity contribution in [2.45, 2.75) is 119 Å². The minimum absolute atomic E-state index is 0.0559. The van der Waals surface area contributed by atoms with Gasteiger partial charge < -0.3 is 14.0 Å². The third-order valence-electron chi connectivity index (χ3n) is 9.77. The monoisotopic (exact) mass is 679 g/mol. The lowest BCUT2D eigenvalue weighted by molar-refractivity contribution is -0.199. The van der Waals surface area contributed by atoms with Crippen molar-refractivity contribution in [1.29, 1.82) is 0 Å². The van der Waals surface area contributed by atoms with Gasteiger partial charge in [0.25, 0.3) is 0 Å². The Kier molecular flexibility index (Phi) is 12.1. The molecule has 2 aliphatic carbocycles. The average Bonchev–Trinajstić information content (AvgIpc) is 3.00. The summed E-state index contributed by atoms with van der Waals surface area (Å²) in [5.74, 6) is -1.43. The largest absolute Gasteiger partial charge is 0.597 e. The zero-order valence-electron chi connectivity index (χ0n) is 25.3. The Labute approximate surface area is 261 Å². The normalized spacial score (nSPS) is 36.9. The van der Waals surface area contributed by atoms with Crippen LogP contribution < -0.4 is 26.6 Å². The van der Waals surface area contributed by atoms with E-state index in [2.05, 4.69) is 31.5 Å². The Morgan fingerprint density at radius 2 is 1.44 bits per heavy atom. The lowest BCUT2D eigenvalue weighted by Gasteiger charge is -2.44. The number of hydrogen-bond acceptors (Lipinski definition) is 10. The third kappa shape index (κ3) is 10.2. The van der Waals surface area contributed by atoms with Crippen LogP contribution in [0.4, 0.5) is 26.3 Å². The molecular formula is C27H47F6N7O4S. The maximum atomic E-state index is 13.5. The first-order chi connectivity index (χ1) is 21.3. The number of halogens is 6. The summed E-state index contributed by atoms with van der Waals surface area (Å²) in [6.45, 7) is 2.33. The van der Waals surface area contributed by atoms with Gasteiger partial charge in [0.15, 0.2) is 6.35 Å². The van der Waals surface area contributed by atoms with Gasteiger partial charge in [-0.2, -0.15) is 26.3 Å². The van der Waals surface area contributed by atoms with Gasteiger partial charge in [-0.05, 0) is 57.8 Å². The molecule has 6 atom stereocenters. The van der Waals surface area contributed by atoms with Crippen molar-refractivity contribution < 1.29 is 44.6 Å². The Hall–Kier alpha value is -0.670. The highest BCUT2D eigenvalue weighted by Gasteiger charge is 2.44. The molecule has 11 nitrogen and oxygen atoms in total. The van der Waals surface area contributed by atoms with Crippen molar-refractivity contribution in [3.63, 3.8) is 0 Å². The molecule has 0 aromatic rings. The number of nitrogens with zero attached hydrogens (tertiary/aromatic N) is 2. The predicted molar refractivity (Wildman–Crippen MR) is 153 cm³/mol. The van der Waals surface area contributed by atoms with E-state index in [4.69, 9.17) is 9.47 Å². The smallest absolute Gasteiger partial charge is 0.411 e. The van der Waals surface area contributed by atoms with E-state index in [0.29, 0.717) is 70.9 Å². The summed E-state index contributed by atoms with van der Waals surface area (Å²) in [5.41, 5.74) is 0. The van der Waals surface area contributed by atoms with Crippen molar-refractivity contribution in [1.82, 2.24) is 35.8 Å². The van der Waals surface area contributed by atoms with E-state index in [0.717, 1.165) is 25.9 Å². The van der Waals surface area contributed by atoms with Gasteiger partial charge in [-0.1, -0.05) is 10.6 Å². The standard InChI is InChI=1S/C27H47F6N7O4S/c28-26(29,30)17-44-25-37-23(36-24(38-25)35-20-3-1-2-18(16-20)27(31,32)33)34-19-8-10-40(11-9-19)45(41,42)22-6-4-21(5-7-22)39-12-14-43-15-13-39/h18-25,34-38H,1-17H2. The van der Waals surface area contributed by atoms with Crippen LogP contribution in [0, 0.1) is 5.92 Å². The molecule has 2 saturated carbocycles. The zero-order valence-corrected chi connectivity index (χ0v) is 26.2. The lowest BCUT2D eigenvalue weighted by Crippen LogP contribution is -2.76. The molecule has 0 radical (unpaired) electrons. The van der Waals surface area contributed by atoms with Gasteiger partial charge in [0.1, 0.15) is 34.8 Å². The van der Waals surface area contributed by atoms with Crippen LogP contribution in [-0.2, 0) is 24.1 Å². The van der Waals surface area contributed by atoms with Crippen LogP contribution in [0.2, 0.25) is 0 Å². The highest BCUT2D eigenvalue weighted by Crippen LogP contribution is 2.38. The first-order valence-electron chi connectivity index (χ1n) is 16.1. The summed E-state index contributed by atoms with van der Waals surface area (Å²) in [6, 6.07) is -0.244. The van der Waals surface area contributed by atoms with Gasteiger partial charge in [-0.15, -0.1) is 4.31 Å². The van der Waals surface area contributed by atoms with Gasteiger partial charge in [0.05, 0.1) is 19.1 Å². The van der Waals surface area contributed by atoms with Gasteiger partial charge in [-0.25, -0.2) is 0 Å². The molecule has 0 spiro atoms. The summed E-state index contributed by atoms with van der Waals surface area (Å²) in [7, 11) is -3.46. The lowest BCUT2D eigenvalue weighted by atomic mass is 9.85. The molecule has 5 rings (SSSR count). The maximum absolute atomic E-state index is 13.5. The fourth-order valence-electron chi connectivity index (χ4n) is 7.33. The molecule has 0 aromatic heterocycles. The maximum Gasteiger partial charge on any atom is 0.411 e. The molecule has 3 aliphatic heterocycles.